The van der Waals surface area contributed by atoms with Gasteiger partial charge >= 0.3 is 0 Å². The number of rotatable bonds is 17. The molecule has 1 rings (SSSR count). The van der Waals surface area contributed by atoms with E-state index in [1.165, 1.54) is 89.0 Å². The number of benzene rings is 1. The monoisotopic (exact) mass is 347 g/mol. The fraction of sp³-hybridized carbons (Fsp3) is 0.739. The van der Waals surface area contributed by atoms with Gasteiger partial charge in [0, 0.05) is 0 Å². The SMILES string of the molecule is CCCCCCCCCCCCCCNCCCc1ccc(O)cc1. The van der Waals surface area contributed by atoms with Crippen LogP contribution in [0.4, 0.5) is 0 Å². The third-order valence-electron chi connectivity index (χ3n) is 4.96. The molecule has 1 aromatic rings. The smallest absolute Gasteiger partial charge is 0.115 e. The van der Waals surface area contributed by atoms with E-state index in [0.717, 1.165) is 19.5 Å². The summed E-state index contributed by atoms with van der Waals surface area (Å²) in [5.41, 5.74) is 1.31. The Balaban J connectivity index is 1.74. The van der Waals surface area contributed by atoms with Gasteiger partial charge in [0.05, 0.1) is 0 Å². The summed E-state index contributed by atoms with van der Waals surface area (Å²) >= 11 is 0. The number of hydrogen-bond acceptors (Lipinski definition) is 2. The molecule has 2 heteroatoms. The minimum absolute atomic E-state index is 0.355. The summed E-state index contributed by atoms with van der Waals surface area (Å²) in [5, 5.41) is 12.8. The fourth-order valence-corrected chi connectivity index (χ4v) is 3.30. The second-order valence-electron chi connectivity index (χ2n) is 7.41. The number of phenolic OH excluding ortho intramolecular Hbond substituents is 1. The Morgan fingerprint density at radius 3 is 1.68 bits per heavy atom. The van der Waals surface area contributed by atoms with Gasteiger partial charge in [0.1, 0.15) is 5.75 Å². The minimum Gasteiger partial charge on any atom is -0.508 e. The van der Waals surface area contributed by atoms with Crippen molar-refractivity contribution in [1.82, 2.24) is 5.32 Å². The Morgan fingerprint density at radius 2 is 1.12 bits per heavy atom. The molecule has 2 N–H and O–H groups in total. The average molecular weight is 348 g/mol. The first-order chi connectivity index (χ1) is 12.3. The van der Waals surface area contributed by atoms with Crippen LogP contribution in [0.3, 0.4) is 0 Å². The summed E-state index contributed by atoms with van der Waals surface area (Å²) in [6, 6.07) is 7.57. The molecule has 0 aliphatic rings. The number of phenols is 1. The maximum Gasteiger partial charge on any atom is 0.115 e. The Bertz CT molecular complexity index is 388. The third-order valence-corrected chi connectivity index (χ3v) is 4.96. The predicted octanol–water partition coefficient (Wildman–Crippen LogP) is 6.62. The molecule has 144 valence electrons. The van der Waals surface area contributed by atoms with Crippen LogP contribution in [0.25, 0.3) is 0 Å². The maximum absolute atomic E-state index is 9.26. The summed E-state index contributed by atoms with van der Waals surface area (Å²) in [6.07, 6.45) is 19.2. The van der Waals surface area contributed by atoms with E-state index in [1.54, 1.807) is 12.1 Å². The predicted molar refractivity (Wildman–Crippen MR) is 110 cm³/mol. The van der Waals surface area contributed by atoms with Crippen molar-refractivity contribution in [3.8, 4) is 5.75 Å². The zero-order valence-electron chi connectivity index (χ0n) is 16.6. The van der Waals surface area contributed by atoms with E-state index in [4.69, 9.17) is 0 Å². The molecule has 0 aliphatic heterocycles. The Morgan fingerprint density at radius 1 is 0.640 bits per heavy atom. The molecule has 0 saturated carbocycles. The van der Waals surface area contributed by atoms with Crippen LogP contribution in [0.15, 0.2) is 24.3 Å². The molecule has 25 heavy (non-hydrogen) atoms. The Kier molecular flexibility index (Phi) is 14.5. The highest BCUT2D eigenvalue weighted by Gasteiger charge is 1.95. The van der Waals surface area contributed by atoms with Crippen molar-refractivity contribution in [3.63, 3.8) is 0 Å². The van der Waals surface area contributed by atoms with Crippen molar-refractivity contribution in [2.75, 3.05) is 13.1 Å². The topological polar surface area (TPSA) is 32.3 Å². The zero-order chi connectivity index (χ0) is 18.0. The van der Waals surface area contributed by atoms with Crippen LogP contribution in [0, 0.1) is 0 Å². The van der Waals surface area contributed by atoms with Gasteiger partial charge in [0.25, 0.3) is 0 Å². The van der Waals surface area contributed by atoms with Gasteiger partial charge in [0.2, 0.25) is 0 Å². The van der Waals surface area contributed by atoms with E-state index >= 15 is 0 Å². The fourth-order valence-electron chi connectivity index (χ4n) is 3.30. The van der Waals surface area contributed by atoms with Gasteiger partial charge < -0.3 is 10.4 Å². The molecule has 0 unspecified atom stereocenters. The number of nitrogens with one attached hydrogen (secondary N) is 1. The normalized spacial score (nSPS) is 11.1. The van der Waals surface area contributed by atoms with E-state index in [9.17, 15) is 5.11 Å². The molecular formula is C23H41NO. The number of hydrogen-bond donors (Lipinski definition) is 2. The second-order valence-corrected chi connectivity index (χ2v) is 7.41. The first-order valence-corrected chi connectivity index (χ1v) is 10.8. The molecule has 0 fully saturated rings. The first kappa shape index (κ1) is 22.0. The van der Waals surface area contributed by atoms with Crippen LogP contribution < -0.4 is 5.32 Å². The van der Waals surface area contributed by atoms with Crippen LogP contribution in [-0.4, -0.2) is 18.2 Å². The Labute approximate surface area is 156 Å². The number of unbranched alkanes of at least 4 members (excludes halogenated alkanes) is 11. The molecule has 0 radical (unpaired) electrons. The molecule has 0 bridgehead atoms. The van der Waals surface area contributed by atoms with Crippen LogP contribution in [0.1, 0.15) is 96.0 Å². The summed E-state index contributed by atoms with van der Waals surface area (Å²) in [6.45, 7) is 4.54. The lowest BCUT2D eigenvalue weighted by Crippen LogP contribution is -2.17. The molecule has 0 saturated heterocycles. The van der Waals surface area contributed by atoms with Gasteiger partial charge in [-0.2, -0.15) is 0 Å². The molecule has 0 amide bonds. The molecule has 0 aromatic heterocycles. The standard InChI is InChI=1S/C23H41NO/c1-2-3-4-5-6-7-8-9-10-11-12-13-20-24-21-14-15-22-16-18-23(25)19-17-22/h16-19,24-25H,2-15,20-21H2,1H3. The molecule has 0 atom stereocenters. The molecular weight excluding hydrogens is 306 g/mol. The summed E-state index contributed by atoms with van der Waals surface area (Å²) < 4.78 is 0. The number of aryl methyl sites for hydroxylation is 1. The average Bonchev–Trinajstić information content (AvgIpc) is 2.63. The zero-order valence-corrected chi connectivity index (χ0v) is 16.6. The highest BCUT2D eigenvalue weighted by molar-refractivity contribution is 5.25. The van der Waals surface area contributed by atoms with Crippen LogP contribution in [0.5, 0.6) is 5.75 Å². The molecule has 0 heterocycles. The van der Waals surface area contributed by atoms with Crippen molar-refractivity contribution < 1.29 is 5.11 Å². The van der Waals surface area contributed by atoms with E-state index in [2.05, 4.69) is 12.2 Å². The van der Waals surface area contributed by atoms with E-state index in [0.29, 0.717) is 5.75 Å². The maximum atomic E-state index is 9.26. The van der Waals surface area contributed by atoms with E-state index < -0.39 is 0 Å². The van der Waals surface area contributed by atoms with Crippen molar-refractivity contribution in [2.24, 2.45) is 0 Å². The van der Waals surface area contributed by atoms with Crippen molar-refractivity contribution in [3.05, 3.63) is 29.8 Å². The van der Waals surface area contributed by atoms with Crippen LogP contribution in [-0.2, 0) is 6.42 Å². The van der Waals surface area contributed by atoms with Gasteiger partial charge in [-0.15, -0.1) is 0 Å². The van der Waals surface area contributed by atoms with Gasteiger partial charge in [0.15, 0.2) is 0 Å². The molecule has 2 nitrogen and oxygen atoms in total. The lowest BCUT2D eigenvalue weighted by atomic mass is 10.1. The first-order valence-electron chi connectivity index (χ1n) is 10.8. The molecule has 0 aliphatic carbocycles. The third kappa shape index (κ3) is 13.9. The summed E-state index contributed by atoms with van der Waals surface area (Å²) in [5.74, 6) is 0.355. The lowest BCUT2D eigenvalue weighted by Gasteiger charge is -2.06. The highest BCUT2D eigenvalue weighted by Crippen LogP contribution is 2.12. The summed E-state index contributed by atoms with van der Waals surface area (Å²) in [7, 11) is 0. The van der Waals surface area contributed by atoms with Gasteiger partial charge in [-0.25, -0.2) is 0 Å². The van der Waals surface area contributed by atoms with Gasteiger partial charge in [-0.05, 0) is 50.0 Å². The van der Waals surface area contributed by atoms with Crippen LogP contribution >= 0.6 is 0 Å². The van der Waals surface area contributed by atoms with Crippen LogP contribution in [0.2, 0.25) is 0 Å². The summed E-state index contributed by atoms with van der Waals surface area (Å²) in [4.78, 5) is 0. The van der Waals surface area contributed by atoms with Gasteiger partial charge in [-0.1, -0.05) is 89.7 Å². The van der Waals surface area contributed by atoms with Crippen molar-refractivity contribution in [2.45, 2.75) is 96.8 Å². The van der Waals surface area contributed by atoms with Crippen molar-refractivity contribution in [1.29, 1.82) is 0 Å². The largest absolute Gasteiger partial charge is 0.508 e. The van der Waals surface area contributed by atoms with E-state index in [1.807, 2.05) is 12.1 Å². The second kappa shape index (κ2) is 16.4. The quantitative estimate of drug-likeness (QED) is 0.310. The Hall–Kier alpha value is -1.02. The van der Waals surface area contributed by atoms with Gasteiger partial charge in [-0.3, -0.25) is 0 Å². The number of aromatic hydroxyl groups is 1. The molecule has 1 aromatic carbocycles. The highest BCUT2D eigenvalue weighted by atomic mass is 16.3. The molecule has 0 spiro atoms. The minimum atomic E-state index is 0.355. The van der Waals surface area contributed by atoms with Crippen molar-refractivity contribution >= 4 is 0 Å². The lowest BCUT2D eigenvalue weighted by molar-refractivity contribution is 0.475. The van der Waals surface area contributed by atoms with E-state index in [-0.39, 0.29) is 0 Å².